The molecule has 0 aliphatic heterocycles. The molecule has 2 rings (SSSR count). The molecule has 0 radical (unpaired) electrons. The molecule has 0 saturated heterocycles. The first-order valence-corrected chi connectivity index (χ1v) is 7.58. The fourth-order valence-electron chi connectivity index (χ4n) is 1.85. The van der Waals surface area contributed by atoms with Gasteiger partial charge in [-0.15, -0.1) is 0 Å². The monoisotopic (exact) mass is 372 g/mol. The van der Waals surface area contributed by atoms with E-state index in [-0.39, 0.29) is 23.6 Å². The van der Waals surface area contributed by atoms with Crippen molar-refractivity contribution >= 4 is 24.0 Å². The van der Waals surface area contributed by atoms with Crippen LogP contribution in [0.4, 0.5) is 5.69 Å². The summed E-state index contributed by atoms with van der Waals surface area (Å²) in [6, 6.07) is 10.5. The number of hydrazone groups is 1. The van der Waals surface area contributed by atoms with Gasteiger partial charge < -0.3 is 14.7 Å². The summed E-state index contributed by atoms with van der Waals surface area (Å²) in [7, 11) is 1.56. The van der Waals surface area contributed by atoms with E-state index in [0.717, 1.165) is 30.0 Å². The molecule has 0 unspecified atom stereocenters. The molecule has 0 aliphatic rings. The molecule has 0 spiro atoms. The van der Waals surface area contributed by atoms with Gasteiger partial charge in [0.2, 0.25) is 0 Å². The smallest absolute Gasteiger partial charge is 0.280 e. The summed E-state index contributed by atoms with van der Waals surface area (Å²) in [5, 5.41) is 27.6. The Morgan fingerprint density at radius 3 is 2.67 bits per heavy atom. The standard InChI is InChI=1S/C17H16N4O6/c1-26-15-5-2-12(3-6-15)9-19-27-11-17(23)20-18-10-13-8-14(21(24)25)4-7-16(13)22/h2-10,22H,11H2,1H3,(H,20,23). The molecule has 2 N–H and O–H groups in total. The normalized spacial score (nSPS) is 10.9. The Balaban J connectivity index is 1.80. The van der Waals surface area contributed by atoms with Gasteiger partial charge in [-0.05, 0) is 35.9 Å². The number of rotatable bonds is 8. The van der Waals surface area contributed by atoms with Crippen molar-refractivity contribution in [3.05, 3.63) is 63.7 Å². The van der Waals surface area contributed by atoms with Gasteiger partial charge in [0.1, 0.15) is 11.5 Å². The number of amides is 1. The van der Waals surface area contributed by atoms with Gasteiger partial charge in [-0.25, -0.2) is 5.43 Å². The number of aromatic hydroxyl groups is 1. The lowest BCUT2D eigenvalue weighted by molar-refractivity contribution is -0.384. The van der Waals surface area contributed by atoms with Crippen LogP contribution in [0.1, 0.15) is 11.1 Å². The van der Waals surface area contributed by atoms with E-state index in [9.17, 15) is 20.0 Å². The van der Waals surface area contributed by atoms with Crippen molar-refractivity contribution in [2.75, 3.05) is 13.7 Å². The third-order valence-corrected chi connectivity index (χ3v) is 3.20. The number of hydrogen-bond acceptors (Lipinski definition) is 8. The molecule has 0 aromatic heterocycles. The second kappa shape index (κ2) is 9.51. The maximum absolute atomic E-state index is 11.6. The molecule has 10 nitrogen and oxygen atoms in total. The average molecular weight is 372 g/mol. The first-order chi connectivity index (χ1) is 13.0. The van der Waals surface area contributed by atoms with Crippen LogP contribution in [0, 0.1) is 10.1 Å². The molecule has 0 heterocycles. The molecule has 27 heavy (non-hydrogen) atoms. The van der Waals surface area contributed by atoms with Crippen LogP contribution in [-0.2, 0) is 9.63 Å². The fourth-order valence-corrected chi connectivity index (χ4v) is 1.85. The van der Waals surface area contributed by atoms with Crippen molar-refractivity contribution in [2.45, 2.75) is 0 Å². The van der Waals surface area contributed by atoms with Crippen molar-refractivity contribution in [2.24, 2.45) is 10.3 Å². The van der Waals surface area contributed by atoms with E-state index >= 15 is 0 Å². The second-order valence-electron chi connectivity index (χ2n) is 5.07. The Morgan fingerprint density at radius 2 is 2.00 bits per heavy atom. The van der Waals surface area contributed by atoms with Gasteiger partial charge in [-0.2, -0.15) is 5.10 Å². The highest BCUT2D eigenvalue weighted by Crippen LogP contribution is 2.21. The third-order valence-electron chi connectivity index (χ3n) is 3.20. The summed E-state index contributed by atoms with van der Waals surface area (Å²) < 4.78 is 5.03. The predicted molar refractivity (Wildman–Crippen MR) is 97.0 cm³/mol. The van der Waals surface area contributed by atoms with E-state index < -0.39 is 10.8 Å². The molecule has 140 valence electrons. The Hall–Kier alpha value is -3.95. The van der Waals surface area contributed by atoms with Crippen LogP contribution in [0.3, 0.4) is 0 Å². The Labute approximate surface area is 153 Å². The number of phenolic OH excluding ortho intramolecular Hbond substituents is 1. The van der Waals surface area contributed by atoms with E-state index in [1.807, 2.05) is 0 Å². The number of nitrogens with zero attached hydrogens (tertiary/aromatic N) is 3. The Bertz CT molecular complexity index is 864. The summed E-state index contributed by atoms with van der Waals surface area (Å²) in [4.78, 5) is 26.5. The molecule has 1 amide bonds. The highest BCUT2D eigenvalue weighted by molar-refractivity contribution is 5.86. The zero-order valence-electron chi connectivity index (χ0n) is 14.2. The topological polar surface area (TPSA) is 136 Å². The van der Waals surface area contributed by atoms with Crippen molar-refractivity contribution in [1.29, 1.82) is 0 Å². The van der Waals surface area contributed by atoms with Gasteiger partial charge in [0.15, 0.2) is 6.61 Å². The molecule has 0 atom stereocenters. The number of carbonyl (C=O) groups is 1. The summed E-state index contributed by atoms with van der Waals surface area (Å²) in [6.45, 7) is -0.384. The summed E-state index contributed by atoms with van der Waals surface area (Å²) in [5.74, 6) is -0.0953. The molecule has 0 aliphatic carbocycles. The number of nitro benzene ring substituents is 1. The predicted octanol–water partition coefficient (Wildman–Crippen LogP) is 1.81. The molecule has 0 fully saturated rings. The molecule has 2 aromatic carbocycles. The number of oxime groups is 1. The van der Waals surface area contributed by atoms with Crippen LogP contribution in [0.2, 0.25) is 0 Å². The van der Waals surface area contributed by atoms with Gasteiger partial charge in [0, 0.05) is 17.7 Å². The summed E-state index contributed by atoms with van der Waals surface area (Å²) in [5.41, 5.74) is 2.79. The lowest BCUT2D eigenvalue weighted by Gasteiger charge is -2.00. The minimum atomic E-state index is -0.607. The van der Waals surface area contributed by atoms with Gasteiger partial charge in [0.25, 0.3) is 11.6 Å². The van der Waals surface area contributed by atoms with Gasteiger partial charge in [-0.1, -0.05) is 5.16 Å². The van der Waals surface area contributed by atoms with E-state index in [0.29, 0.717) is 5.75 Å². The molecule has 0 saturated carbocycles. The average Bonchev–Trinajstić information content (AvgIpc) is 2.67. The number of hydrogen-bond donors (Lipinski definition) is 2. The highest BCUT2D eigenvalue weighted by atomic mass is 16.6. The SMILES string of the molecule is COc1ccc(C=NOCC(=O)NN=Cc2cc([N+](=O)[O-])ccc2O)cc1. The minimum Gasteiger partial charge on any atom is -0.507 e. The van der Waals surface area contributed by atoms with Gasteiger partial charge in [0.05, 0.1) is 24.5 Å². The lowest BCUT2D eigenvalue weighted by Crippen LogP contribution is -2.22. The Morgan fingerprint density at radius 1 is 1.26 bits per heavy atom. The number of ether oxygens (including phenoxy) is 1. The van der Waals surface area contributed by atoms with E-state index in [4.69, 9.17) is 9.57 Å². The number of benzene rings is 2. The molecule has 2 aromatic rings. The van der Waals surface area contributed by atoms with Crippen molar-refractivity contribution in [3.63, 3.8) is 0 Å². The first-order valence-electron chi connectivity index (χ1n) is 7.58. The number of carbonyl (C=O) groups excluding carboxylic acids is 1. The second-order valence-corrected chi connectivity index (χ2v) is 5.07. The van der Waals surface area contributed by atoms with Crippen LogP contribution in [0.25, 0.3) is 0 Å². The summed E-state index contributed by atoms with van der Waals surface area (Å²) in [6.07, 6.45) is 2.51. The van der Waals surface area contributed by atoms with E-state index in [2.05, 4.69) is 15.7 Å². The maximum Gasteiger partial charge on any atom is 0.280 e. The zero-order valence-corrected chi connectivity index (χ0v) is 14.2. The number of phenols is 1. The fraction of sp³-hybridized carbons (Fsp3) is 0.118. The molecule has 0 bridgehead atoms. The number of methoxy groups -OCH3 is 1. The third kappa shape index (κ3) is 6.12. The van der Waals surface area contributed by atoms with E-state index in [1.54, 1.807) is 31.4 Å². The van der Waals surface area contributed by atoms with Gasteiger partial charge in [-0.3, -0.25) is 14.9 Å². The summed E-state index contributed by atoms with van der Waals surface area (Å²) >= 11 is 0. The van der Waals surface area contributed by atoms with Crippen molar-refractivity contribution in [1.82, 2.24) is 5.43 Å². The Kier molecular flexibility index (Phi) is 6.83. The lowest BCUT2D eigenvalue weighted by atomic mass is 10.2. The first kappa shape index (κ1) is 19.4. The van der Waals surface area contributed by atoms with Crippen LogP contribution >= 0.6 is 0 Å². The number of non-ortho nitro benzene ring substituents is 1. The number of nitro groups is 1. The zero-order chi connectivity index (χ0) is 19.6. The van der Waals surface area contributed by atoms with Gasteiger partial charge >= 0.3 is 0 Å². The maximum atomic E-state index is 11.6. The molecular weight excluding hydrogens is 356 g/mol. The van der Waals surface area contributed by atoms with Crippen LogP contribution in [0.5, 0.6) is 11.5 Å². The quantitative estimate of drug-likeness (QED) is 0.412. The van der Waals surface area contributed by atoms with Crippen molar-refractivity contribution in [3.8, 4) is 11.5 Å². The number of nitrogens with one attached hydrogen (secondary N) is 1. The minimum absolute atomic E-state index is 0.0861. The molecular formula is C17H16N4O6. The molecule has 10 heteroatoms. The van der Waals surface area contributed by atoms with E-state index in [1.165, 1.54) is 6.21 Å². The van der Waals surface area contributed by atoms with Crippen molar-refractivity contribution < 1.29 is 24.4 Å². The van der Waals surface area contributed by atoms with Crippen LogP contribution in [0.15, 0.2) is 52.7 Å². The van der Waals surface area contributed by atoms with Crippen LogP contribution < -0.4 is 10.2 Å². The highest BCUT2D eigenvalue weighted by Gasteiger charge is 2.08. The largest absolute Gasteiger partial charge is 0.507 e. The van der Waals surface area contributed by atoms with Crippen LogP contribution in [-0.4, -0.2) is 42.1 Å².